The maximum atomic E-state index is 14.2. The monoisotopic (exact) mass is 639 g/mol. The van der Waals surface area contributed by atoms with Crippen molar-refractivity contribution in [1.82, 2.24) is 25.3 Å². The molecule has 3 N–H and O–H groups in total. The number of hydrazine groups is 1. The van der Waals surface area contributed by atoms with Gasteiger partial charge in [-0.3, -0.25) is 25.2 Å². The van der Waals surface area contributed by atoms with Gasteiger partial charge in [0.05, 0.1) is 6.04 Å². The van der Waals surface area contributed by atoms with E-state index in [-0.39, 0.29) is 17.5 Å². The number of rotatable bonds is 8. The van der Waals surface area contributed by atoms with E-state index in [2.05, 4.69) is 39.5 Å². The van der Waals surface area contributed by atoms with Crippen molar-refractivity contribution in [2.24, 2.45) is 13.0 Å². The van der Waals surface area contributed by atoms with E-state index in [1.54, 1.807) is 11.0 Å². The molecule has 3 atom stereocenters. The maximum Gasteiger partial charge on any atom is 0.286 e. The molecule has 48 heavy (non-hydrogen) atoms. The number of amides is 3. The Morgan fingerprint density at radius 3 is 2.42 bits per heavy atom. The predicted octanol–water partition coefficient (Wildman–Crippen LogP) is 7.18. The quantitative estimate of drug-likeness (QED) is 0.153. The molecule has 0 saturated heterocycles. The Hall–Kier alpha value is -5.83. The summed E-state index contributed by atoms with van der Waals surface area (Å²) in [6.45, 7) is 6.01. The number of nitrogens with zero attached hydrogens (tertiary/aromatic N) is 2. The van der Waals surface area contributed by atoms with E-state index in [0.717, 1.165) is 38.6 Å². The first-order valence-corrected chi connectivity index (χ1v) is 16.2. The fourth-order valence-corrected chi connectivity index (χ4v) is 6.88. The number of aromatic nitrogens is 2. The fourth-order valence-electron chi connectivity index (χ4n) is 6.88. The zero-order valence-corrected chi connectivity index (χ0v) is 27.3. The summed E-state index contributed by atoms with van der Waals surface area (Å²) in [6, 6.07) is 31.0. The SMILES string of the molecule is CCC(C)C(C(=O)NNC(=O)c1cc2cc(Oc3ccccc3)ccc2[nH]1)N1C(=O)c2ccccc2C1c1c(C)n(C)c2ccccc12. The highest BCUT2D eigenvalue weighted by molar-refractivity contribution is 6.04. The minimum Gasteiger partial charge on any atom is -0.457 e. The fraction of sp³-hybridized carbons (Fsp3) is 0.205. The van der Waals surface area contributed by atoms with Gasteiger partial charge in [0, 0.05) is 45.7 Å². The molecule has 0 fully saturated rings. The van der Waals surface area contributed by atoms with Crippen LogP contribution in [0.5, 0.6) is 11.5 Å². The lowest BCUT2D eigenvalue weighted by Gasteiger charge is -2.36. The van der Waals surface area contributed by atoms with Gasteiger partial charge >= 0.3 is 0 Å². The number of carbonyl (C=O) groups excluding carboxylic acids is 3. The van der Waals surface area contributed by atoms with Crippen LogP contribution in [0.1, 0.15) is 64.0 Å². The molecule has 3 amide bonds. The molecule has 3 unspecified atom stereocenters. The molecule has 0 saturated carbocycles. The number of benzene rings is 4. The van der Waals surface area contributed by atoms with Crippen LogP contribution in [-0.2, 0) is 11.8 Å². The van der Waals surface area contributed by atoms with Crippen LogP contribution < -0.4 is 15.6 Å². The molecular formula is C39H37N5O4. The van der Waals surface area contributed by atoms with Crippen molar-refractivity contribution in [3.8, 4) is 11.5 Å². The summed E-state index contributed by atoms with van der Waals surface area (Å²) in [6.07, 6.45) is 0.642. The van der Waals surface area contributed by atoms with E-state index in [1.807, 2.05) is 106 Å². The topological polar surface area (TPSA) is 108 Å². The largest absolute Gasteiger partial charge is 0.457 e. The number of nitrogens with one attached hydrogen (secondary N) is 3. The highest BCUT2D eigenvalue weighted by atomic mass is 16.5. The smallest absolute Gasteiger partial charge is 0.286 e. The first kappa shape index (κ1) is 30.8. The minimum absolute atomic E-state index is 0.209. The Kier molecular flexibility index (Phi) is 7.96. The molecule has 9 nitrogen and oxygen atoms in total. The van der Waals surface area contributed by atoms with Gasteiger partial charge in [0.2, 0.25) is 0 Å². The van der Waals surface area contributed by atoms with Crippen LogP contribution >= 0.6 is 0 Å². The van der Waals surface area contributed by atoms with Crippen molar-refractivity contribution in [2.45, 2.75) is 39.3 Å². The van der Waals surface area contributed by atoms with Crippen molar-refractivity contribution in [2.75, 3.05) is 0 Å². The molecule has 0 radical (unpaired) electrons. The van der Waals surface area contributed by atoms with Crippen molar-refractivity contribution in [3.63, 3.8) is 0 Å². The van der Waals surface area contributed by atoms with Crippen LogP contribution in [0.25, 0.3) is 21.8 Å². The third-order valence-corrected chi connectivity index (χ3v) is 9.59. The van der Waals surface area contributed by atoms with Crippen LogP contribution in [0.15, 0.2) is 103 Å². The summed E-state index contributed by atoms with van der Waals surface area (Å²) in [5, 5.41) is 1.82. The molecule has 7 rings (SSSR count). The number of H-pyrrole nitrogens is 1. The molecule has 0 bridgehead atoms. The Morgan fingerprint density at radius 1 is 0.896 bits per heavy atom. The maximum absolute atomic E-state index is 14.2. The van der Waals surface area contributed by atoms with Crippen LogP contribution in [0.4, 0.5) is 0 Å². The van der Waals surface area contributed by atoms with E-state index < -0.39 is 23.9 Å². The molecule has 0 spiro atoms. The minimum atomic E-state index is -0.862. The Balaban J connectivity index is 1.17. The standard InChI is InChI=1S/C39H37N5O4/c1-5-23(2)35(38(46)42-41-37(45)32-22-25-21-27(19-20-31(25)40-32)48-26-13-7-6-8-14-26)44-36(28-15-9-10-16-29(28)39(44)47)34-24(3)43(4)33-18-12-11-17-30(33)34/h6-23,35-36,40H,5H2,1-4H3,(H,41,45)(H,42,46). The lowest BCUT2D eigenvalue weighted by molar-refractivity contribution is -0.128. The summed E-state index contributed by atoms with van der Waals surface area (Å²) in [5.41, 5.74) is 10.8. The van der Waals surface area contributed by atoms with Gasteiger partial charge < -0.3 is 19.2 Å². The molecule has 1 aliphatic rings. The van der Waals surface area contributed by atoms with E-state index in [0.29, 0.717) is 23.5 Å². The summed E-state index contributed by atoms with van der Waals surface area (Å²) < 4.78 is 8.07. The van der Waals surface area contributed by atoms with Gasteiger partial charge in [0.15, 0.2) is 0 Å². The third kappa shape index (κ3) is 5.27. The van der Waals surface area contributed by atoms with E-state index >= 15 is 0 Å². The lowest BCUT2D eigenvalue weighted by Crippen LogP contribution is -2.55. The van der Waals surface area contributed by atoms with Crippen LogP contribution in [-0.4, -0.2) is 38.2 Å². The van der Waals surface area contributed by atoms with E-state index in [9.17, 15) is 14.4 Å². The summed E-state index contributed by atoms with van der Waals surface area (Å²) in [5.74, 6) is -0.0484. The summed E-state index contributed by atoms with van der Waals surface area (Å²) in [7, 11) is 2.02. The van der Waals surface area contributed by atoms with Gasteiger partial charge in [-0.1, -0.05) is 74.9 Å². The number of aromatic amines is 1. The first-order valence-electron chi connectivity index (χ1n) is 16.2. The van der Waals surface area contributed by atoms with Gasteiger partial charge in [-0.05, 0) is 66.9 Å². The summed E-state index contributed by atoms with van der Waals surface area (Å²) >= 11 is 0. The number of aryl methyl sites for hydroxylation is 1. The molecule has 6 aromatic rings. The van der Waals surface area contributed by atoms with Gasteiger partial charge in [-0.25, -0.2) is 0 Å². The zero-order valence-electron chi connectivity index (χ0n) is 27.3. The lowest BCUT2D eigenvalue weighted by atomic mass is 9.91. The Bertz CT molecular complexity index is 2180. The number of hydrogen-bond acceptors (Lipinski definition) is 4. The van der Waals surface area contributed by atoms with Gasteiger partial charge in [-0.15, -0.1) is 0 Å². The van der Waals surface area contributed by atoms with Gasteiger partial charge in [0.25, 0.3) is 17.7 Å². The number of carbonyl (C=O) groups is 3. The number of hydrogen-bond donors (Lipinski definition) is 3. The number of para-hydroxylation sites is 2. The van der Waals surface area contributed by atoms with Crippen LogP contribution in [0, 0.1) is 12.8 Å². The highest BCUT2D eigenvalue weighted by Gasteiger charge is 2.47. The summed E-state index contributed by atoms with van der Waals surface area (Å²) in [4.78, 5) is 46.5. The van der Waals surface area contributed by atoms with Crippen LogP contribution in [0.3, 0.4) is 0 Å². The first-order chi connectivity index (χ1) is 23.3. The zero-order chi connectivity index (χ0) is 33.5. The Labute approximate surface area is 278 Å². The second kappa shape index (κ2) is 12.4. The molecule has 2 aromatic heterocycles. The molecule has 4 aromatic carbocycles. The average Bonchev–Trinajstić information content (AvgIpc) is 3.74. The molecule has 3 heterocycles. The third-order valence-electron chi connectivity index (χ3n) is 9.59. The van der Waals surface area contributed by atoms with Gasteiger partial charge in [0.1, 0.15) is 23.2 Å². The molecule has 242 valence electrons. The van der Waals surface area contributed by atoms with Crippen LogP contribution in [0.2, 0.25) is 0 Å². The number of ether oxygens (including phenoxy) is 1. The highest BCUT2D eigenvalue weighted by Crippen LogP contribution is 2.45. The molecular weight excluding hydrogens is 602 g/mol. The predicted molar refractivity (Wildman–Crippen MR) is 186 cm³/mol. The van der Waals surface area contributed by atoms with E-state index in [4.69, 9.17) is 4.74 Å². The second-order valence-corrected chi connectivity index (χ2v) is 12.4. The van der Waals surface area contributed by atoms with E-state index in [1.165, 1.54) is 0 Å². The average molecular weight is 640 g/mol. The van der Waals surface area contributed by atoms with Crippen molar-refractivity contribution >= 4 is 39.5 Å². The Morgan fingerprint density at radius 2 is 1.62 bits per heavy atom. The van der Waals surface area contributed by atoms with Crippen molar-refractivity contribution < 1.29 is 19.1 Å². The molecule has 1 aliphatic heterocycles. The molecule has 0 aliphatic carbocycles. The normalized spacial score (nSPS) is 15.4. The van der Waals surface area contributed by atoms with Gasteiger partial charge in [-0.2, -0.15) is 0 Å². The van der Waals surface area contributed by atoms with Crippen molar-refractivity contribution in [3.05, 3.63) is 131 Å². The number of fused-ring (bicyclic) bond motifs is 3. The van der Waals surface area contributed by atoms with Crippen molar-refractivity contribution in [1.29, 1.82) is 0 Å². The molecule has 9 heteroatoms. The second-order valence-electron chi connectivity index (χ2n) is 12.4.